The third-order valence-electron chi connectivity index (χ3n) is 10.1. The van der Waals surface area contributed by atoms with Crippen molar-refractivity contribution in [3.05, 3.63) is 11.6 Å². The first-order valence-electron chi connectivity index (χ1n) is 18.7. The quantitative estimate of drug-likeness (QED) is 0.0634. The second kappa shape index (κ2) is 21.8. The van der Waals surface area contributed by atoms with E-state index < -0.39 is 24.4 Å². The number of aliphatic hydroxyl groups excluding tert-OH is 4. The molecule has 3 rings (SSSR count). The van der Waals surface area contributed by atoms with Gasteiger partial charge in [-0.2, -0.15) is 0 Å². The van der Waals surface area contributed by atoms with Gasteiger partial charge in [0.2, 0.25) is 0 Å². The van der Waals surface area contributed by atoms with E-state index in [9.17, 15) is 25.2 Å². The van der Waals surface area contributed by atoms with E-state index in [2.05, 4.69) is 6.92 Å². The van der Waals surface area contributed by atoms with Crippen molar-refractivity contribution in [3.8, 4) is 0 Å². The van der Waals surface area contributed by atoms with Crippen molar-refractivity contribution in [2.45, 2.75) is 216 Å². The normalized spacial score (nSPS) is 27.8. The van der Waals surface area contributed by atoms with Crippen LogP contribution in [0.2, 0.25) is 0 Å². The molecule has 8 nitrogen and oxygen atoms in total. The molecular formula is C37H66O8. The maximum absolute atomic E-state index is 11.7. The van der Waals surface area contributed by atoms with Gasteiger partial charge in [-0.15, -0.1) is 0 Å². The molecule has 0 saturated carbocycles. The van der Waals surface area contributed by atoms with Crippen molar-refractivity contribution in [1.82, 2.24) is 0 Å². The number of rotatable bonds is 25. The number of ether oxygens (including phenoxy) is 3. The molecule has 0 aromatic heterocycles. The van der Waals surface area contributed by atoms with Crippen molar-refractivity contribution in [2.75, 3.05) is 0 Å². The highest BCUT2D eigenvalue weighted by molar-refractivity contribution is 5.90. The molecule has 8 heteroatoms. The SMILES string of the molecule is CCCCCCCCCC[C@@H](O)[C@@H]1CC[C@@H]([C@@H](O)CC[C@@H](O)[C@@H]2CC[C@H](CCCCCCC[C@@H](O)CC3=C[C@@H](C)OC3=O)O2)O1. The van der Waals surface area contributed by atoms with Crippen molar-refractivity contribution < 1.29 is 39.4 Å². The van der Waals surface area contributed by atoms with E-state index in [4.69, 9.17) is 14.2 Å². The summed E-state index contributed by atoms with van der Waals surface area (Å²) in [6.45, 7) is 4.07. The fourth-order valence-corrected chi connectivity index (χ4v) is 7.29. The van der Waals surface area contributed by atoms with Gasteiger partial charge in [0.1, 0.15) is 6.10 Å². The van der Waals surface area contributed by atoms with E-state index in [1.165, 1.54) is 38.5 Å². The Morgan fingerprint density at radius 3 is 1.78 bits per heavy atom. The number of hydrogen-bond acceptors (Lipinski definition) is 8. The van der Waals surface area contributed by atoms with Gasteiger partial charge in [-0.05, 0) is 70.8 Å². The number of unbranched alkanes of at least 4 members (excludes halogenated alkanes) is 11. The average molecular weight is 639 g/mol. The summed E-state index contributed by atoms with van der Waals surface area (Å²) in [6.07, 6.45) is 21.6. The maximum atomic E-state index is 11.7. The zero-order chi connectivity index (χ0) is 32.4. The van der Waals surface area contributed by atoms with Crippen LogP contribution in [0.5, 0.6) is 0 Å². The third-order valence-corrected chi connectivity index (χ3v) is 10.1. The van der Waals surface area contributed by atoms with Gasteiger partial charge in [-0.25, -0.2) is 4.79 Å². The largest absolute Gasteiger partial charge is 0.455 e. The van der Waals surface area contributed by atoms with Crippen LogP contribution in [0, 0.1) is 0 Å². The first-order valence-corrected chi connectivity index (χ1v) is 18.7. The van der Waals surface area contributed by atoms with Gasteiger partial charge in [0.25, 0.3) is 0 Å². The predicted octanol–water partition coefficient (Wildman–Crippen LogP) is 6.83. The smallest absolute Gasteiger partial charge is 0.334 e. The van der Waals surface area contributed by atoms with Crippen LogP contribution < -0.4 is 0 Å². The molecule has 0 amide bonds. The summed E-state index contributed by atoms with van der Waals surface area (Å²) in [5, 5.41) is 42.4. The summed E-state index contributed by atoms with van der Waals surface area (Å²) in [5.74, 6) is -0.295. The minimum atomic E-state index is -0.627. The maximum Gasteiger partial charge on any atom is 0.334 e. The molecule has 2 saturated heterocycles. The minimum absolute atomic E-state index is 0.162. The van der Waals surface area contributed by atoms with Gasteiger partial charge in [-0.1, -0.05) is 90.4 Å². The highest BCUT2D eigenvalue weighted by atomic mass is 16.5. The van der Waals surface area contributed by atoms with E-state index in [0.717, 1.165) is 83.5 Å². The van der Waals surface area contributed by atoms with Gasteiger partial charge in [0.05, 0.1) is 48.8 Å². The topological polar surface area (TPSA) is 126 Å². The van der Waals surface area contributed by atoms with Crippen LogP contribution in [0.25, 0.3) is 0 Å². The van der Waals surface area contributed by atoms with Crippen LogP contribution in [0.15, 0.2) is 11.6 Å². The Bertz CT molecular complexity index is 833. The lowest BCUT2D eigenvalue weighted by atomic mass is 9.98. The first kappa shape index (κ1) is 38.4. The highest BCUT2D eigenvalue weighted by Gasteiger charge is 2.36. The molecule has 3 aliphatic heterocycles. The fraction of sp³-hybridized carbons (Fsp3) is 0.919. The Morgan fingerprint density at radius 2 is 1.18 bits per heavy atom. The van der Waals surface area contributed by atoms with E-state index >= 15 is 0 Å². The van der Waals surface area contributed by atoms with E-state index in [1.807, 2.05) is 6.92 Å². The van der Waals surface area contributed by atoms with Crippen molar-refractivity contribution >= 4 is 5.97 Å². The molecule has 262 valence electrons. The molecule has 0 aliphatic carbocycles. The molecule has 0 aromatic rings. The van der Waals surface area contributed by atoms with Crippen LogP contribution in [0.4, 0.5) is 0 Å². The van der Waals surface area contributed by atoms with Gasteiger partial charge in [-0.3, -0.25) is 0 Å². The molecule has 45 heavy (non-hydrogen) atoms. The van der Waals surface area contributed by atoms with Crippen molar-refractivity contribution in [3.63, 3.8) is 0 Å². The van der Waals surface area contributed by atoms with Gasteiger partial charge >= 0.3 is 5.97 Å². The molecule has 3 aliphatic rings. The molecule has 0 bridgehead atoms. The number of carbonyl (C=O) groups is 1. The van der Waals surface area contributed by atoms with E-state index in [1.54, 1.807) is 6.08 Å². The third kappa shape index (κ3) is 14.7. The second-order valence-corrected chi connectivity index (χ2v) is 14.2. The zero-order valence-corrected chi connectivity index (χ0v) is 28.5. The lowest BCUT2D eigenvalue weighted by Crippen LogP contribution is -2.33. The highest BCUT2D eigenvalue weighted by Crippen LogP contribution is 2.31. The summed E-state index contributed by atoms with van der Waals surface area (Å²) in [7, 11) is 0. The van der Waals surface area contributed by atoms with E-state index in [-0.39, 0.29) is 36.5 Å². The fourth-order valence-electron chi connectivity index (χ4n) is 7.29. The minimum Gasteiger partial charge on any atom is -0.455 e. The van der Waals surface area contributed by atoms with Crippen LogP contribution in [-0.2, 0) is 19.0 Å². The summed E-state index contributed by atoms with van der Waals surface area (Å²) in [5.41, 5.74) is 0.600. The van der Waals surface area contributed by atoms with E-state index in [0.29, 0.717) is 31.3 Å². The zero-order valence-electron chi connectivity index (χ0n) is 28.5. The first-order chi connectivity index (χ1) is 21.8. The standard InChI is InChI=1S/C37H66O8/c1-3-4-5-6-7-8-12-15-18-31(39)35-23-24-36(45-35)33(41)21-20-32(40)34-22-19-30(44-34)17-14-11-9-10-13-16-29(38)26-28-25-27(2)43-37(28)42/h25,27,29-36,38-41H,3-24,26H2,1-2H3/t27-,29-,30+,31-,32-,33+,34+,35+,36+/m1/s1. The van der Waals surface area contributed by atoms with Crippen molar-refractivity contribution in [1.29, 1.82) is 0 Å². The molecular weight excluding hydrogens is 572 g/mol. The Hall–Kier alpha value is -1.03. The van der Waals surface area contributed by atoms with Crippen molar-refractivity contribution in [2.24, 2.45) is 0 Å². The van der Waals surface area contributed by atoms with Gasteiger partial charge < -0.3 is 34.6 Å². The lowest BCUT2D eigenvalue weighted by molar-refractivity contribution is -0.139. The molecule has 0 radical (unpaired) electrons. The molecule has 0 unspecified atom stereocenters. The predicted molar refractivity (Wildman–Crippen MR) is 177 cm³/mol. The average Bonchev–Trinajstić information content (AvgIpc) is 3.77. The Balaban J connectivity index is 1.16. The molecule has 4 N–H and O–H groups in total. The summed E-state index contributed by atoms with van der Waals surface area (Å²) >= 11 is 0. The summed E-state index contributed by atoms with van der Waals surface area (Å²) < 4.78 is 17.3. The second-order valence-electron chi connectivity index (χ2n) is 14.2. The molecule has 0 spiro atoms. The van der Waals surface area contributed by atoms with Crippen LogP contribution in [0.3, 0.4) is 0 Å². The van der Waals surface area contributed by atoms with Crippen LogP contribution in [-0.4, -0.2) is 81.3 Å². The van der Waals surface area contributed by atoms with Gasteiger partial charge in [0.15, 0.2) is 0 Å². The molecule has 3 heterocycles. The Morgan fingerprint density at radius 1 is 0.667 bits per heavy atom. The Labute approximate surface area is 273 Å². The summed E-state index contributed by atoms with van der Waals surface area (Å²) in [4.78, 5) is 11.7. The monoisotopic (exact) mass is 638 g/mol. The molecule has 0 aromatic carbocycles. The molecule has 9 atom stereocenters. The molecule has 2 fully saturated rings. The number of hydrogen-bond donors (Lipinski definition) is 4. The lowest BCUT2D eigenvalue weighted by Gasteiger charge is -2.24. The van der Waals surface area contributed by atoms with Crippen LogP contribution in [0.1, 0.15) is 162 Å². The summed E-state index contributed by atoms with van der Waals surface area (Å²) in [6, 6.07) is 0. The number of cyclic esters (lactones) is 1. The van der Waals surface area contributed by atoms with Gasteiger partial charge in [0, 0.05) is 12.0 Å². The number of carbonyl (C=O) groups excluding carboxylic acids is 1. The Kier molecular flexibility index (Phi) is 18.6. The number of aliphatic hydroxyl groups is 4. The van der Waals surface area contributed by atoms with Crippen LogP contribution >= 0.6 is 0 Å². The number of esters is 1.